The Morgan fingerprint density at radius 3 is 2.57 bits per heavy atom. The third kappa shape index (κ3) is 2.41. The van der Waals surface area contributed by atoms with Crippen LogP contribution in [0.3, 0.4) is 0 Å². The summed E-state index contributed by atoms with van der Waals surface area (Å²) in [5, 5.41) is 13.1. The van der Waals surface area contributed by atoms with Crippen LogP contribution >= 0.6 is 0 Å². The largest absolute Gasteiger partial charge is 0.478 e. The molecule has 1 N–H and O–H groups in total. The first-order valence-electron chi connectivity index (χ1n) is 6.29. The molecule has 0 aliphatic heterocycles. The van der Waals surface area contributed by atoms with Crippen molar-refractivity contribution in [2.75, 3.05) is 0 Å². The van der Waals surface area contributed by atoms with Crippen molar-refractivity contribution < 1.29 is 14.3 Å². The van der Waals surface area contributed by atoms with Gasteiger partial charge in [0.1, 0.15) is 5.82 Å². The minimum Gasteiger partial charge on any atom is -0.478 e. The lowest BCUT2D eigenvalue weighted by molar-refractivity contribution is 0.0692. The molecular formula is C16H11FN2O2. The number of aromatic nitrogens is 2. The molecule has 21 heavy (non-hydrogen) atoms. The summed E-state index contributed by atoms with van der Waals surface area (Å²) in [7, 11) is 0. The first-order valence-corrected chi connectivity index (χ1v) is 6.29. The van der Waals surface area contributed by atoms with E-state index < -0.39 is 11.8 Å². The van der Waals surface area contributed by atoms with E-state index in [0.29, 0.717) is 5.56 Å². The van der Waals surface area contributed by atoms with Crippen LogP contribution in [0.2, 0.25) is 0 Å². The molecule has 0 bridgehead atoms. The maximum atomic E-state index is 14.2. The molecular weight excluding hydrogens is 271 g/mol. The van der Waals surface area contributed by atoms with Gasteiger partial charge in [-0.15, -0.1) is 0 Å². The molecule has 3 aromatic rings. The van der Waals surface area contributed by atoms with Gasteiger partial charge < -0.3 is 5.11 Å². The van der Waals surface area contributed by atoms with Gasteiger partial charge in [0.25, 0.3) is 0 Å². The molecule has 0 unspecified atom stereocenters. The maximum Gasteiger partial charge on any atom is 0.338 e. The second-order valence-electron chi connectivity index (χ2n) is 4.48. The second-order valence-corrected chi connectivity index (χ2v) is 4.48. The normalized spacial score (nSPS) is 10.5. The minimum absolute atomic E-state index is 0.220. The first-order chi connectivity index (χ1) is 10.2. The Morgan fingerprint density at radius 2 is 1.86 bits per heavy atom. The predicted octanol–water partition coefficient (Wildman–Crippen LogP) is 3.38. The molecule has 0 spiro atoms. The summed E-state index contributed by atoms with van der Waals surface area (Å²) in [6.45, 7) is 0. The smallest absolute Gasteiger partial charge is 0.338 e. The number of para-hydroxylation sites is 1. The molecule has 5 heteroatoms. The molecule has 1 heterocycles. The Morgan fingerprint density at radius 1 is 1.10 bits per heavy atom. The number of nitrogens with zero attached hydrogens (tertiary/aromatic N) is 2. The van der Waals surface area contributed by atoms with Crippen LogP contribution in [0.1, 0.15) is 10.4 Å². The molecule has 0 aliphatic rings. The molecule has 2 aromatic carbocycles. The molecule has 3 rings (SSSR count). The van der Waals surface area contributed by atoms with Crippen molar-refractivity contribution in [1.82, 2.24) is 9.78 Å². The van der Waals surface area contributed by atoms with Crippen LogP contribution in [-0.2, 0) is 0 Å². The number of carboxylic acid groups (broad SMARTS) is 1. The fourth-order valence-electron chi connectivity index (χ4n) is 2.10. The third-order valence-corrected chi connectivity index (χ3v) is 3.14. The zero-order valence-electron chi connectivity index (χ0n) is 10.9. The summed E-state index contributed by atoms with van der Waals surface area (Å²) in [5.41, 5.74) is 1.25. The Hall–Kier alpha value is -2.95. The van der Waals surface area contributed by atoms with Gasteiger partial charge in [0.15, 0.2) is 0 Å². The fraction of sp³-hybridized carbons (Fsp3) is 0. The second kappa shape index (κ2) is 5.20. The molecule has 0 saturated carbocycles. The quantitative estimate of drug-likeness (QED) is 0.801. The fourth-order valence-corrected chi connectivity index (χ4v) is 2.10. The summed E-state index contributed by atoms with van der Waals surface area (Å²) >= 11 is 0. The van der Waals surface area contributed by atoms with Crippen molar-refractivity contribution in [3.05, 3.63) is 72.3 Å². The van der Waals surface area contributed by atoms with Crippen molar-refractivity contribution in [2.45, 2.75) is 0 Å². The number of carboxylic acids is 1. The first kappa shape index (κ1) is 13.1. The highest BCUT2D eigenvalue weighted by Gasteiger charge is 2.16. The van der Waals surface area contributed by atoms with Crippen LogP contribution in [0.25, 0.3) is 16.8 Å². The molecule has 1 aromatic heterocycles. The Labute approximate surface area is 120 Å². The number of rotatable bonds is 3. The number of benzene rings is 2. The van der Waals surface area contributed by atoms with Crippen LogP contribution in [0, 0.1) is 5.82 Å². The van der Waals surface area contributed by atoms with E-state index in [1.54, 1.807) is 10.9 Å². The monoisotopic (exact) mass is 282 g/mol. The Bertz CT molecular complexity index is 797. The average Bonchev–Trinajstić information content (AvgIpc) is 2.98. The zero-order chi connectivity index (χ0) is 14.8. The highest BCUT2D eigenvalue weighted by molar-refractivity contribution is 5.89. The van der Waals surface area contributed by atoms with Crippen molar-refractivity contribution in [3.8, 4) is 16.8 Å². The van der Waals surface area contributed by atoms with Gasteiger partial charge in [0.05, 0.1) is 17.4 Å². The van der Waals surface area contributed by atoms with Crippen molar-refractivity contribution in [2.24, 2.45) is 0 Å². The number of aromatic carboxylic acids is 1. The SMILES string of the molecule is O=C(O)c1cccc(-c2cnn(-c3ccccc3)c2)c1F. The highest BCUT2D eigenvalue weighted by Crippen LogP contribution is 2.25. The van der Waals surface area contributed by atoms with E-state index >= 15 is 0 Å². The van der Waals surface area contributed by atoms with Gasteiger partial charge in [0.2, 0.25) is 0 Å². The molecule has 0 amide bonds. The summed E-state index contributed by atoms with van der Waals surface area (Å²) in [4.78, 5) is 11.0. The molecule has 0 saturated heterocycles. The lowest BCUT2D eigenvalue weighted by atomic mass is 10.1. The van der Waals surface area contributed by atoms with Gasteiger partial charge in [-0.1, -0.05) is 30.3 Å². The third-order valence-electron chi connectivity index (χ3n) is 3.14. The van der Waals surface area contributed by atoms with Crippen LogP contribution in [0.5, 0.6) is 0 Å². The number of halogens is 1. The summed E-state index contributed by atoms with van der Waals surface area (Å²) in [6, 6.07) is 13.7. The van der Waals surface area contributed by atoms with Gasteiger partial charge in [-0.25, -0.2) is 13.9 Å². The lowest BCUT2D eigenvalue weighted by Gasteiger charge is -2.03. The predicted molar refractivity (Wildman–Crippen MR) is 75.9 cm³/mol. The van der Waals surface area contributed by atoms with Crippen LogP contribution in [0.15, 0.2) is 60.9 Å². The highest BCUT2D eigenvalue weighted by atomic mass is 19.1. The Balaban J connectivity index is 2.05. The minimum atomic E-state index is -1.29. The number of carbonyl (C=O) groups is 1. The van der Waals surface area contributed by atoms with Crippen LogP contribution in [0.4, 0.5) is 4.39 Å². The topological polar surface area (TPSA) is 55.1 Å². The standard InChI is InChI=1S/C16H11FN2O2/c17-15-13(7-4-8-14(15)16(20)21)11-9-18-19(10-11)12-5-2-1-3-6-12/h1-10H,(H,20,21). The molecule has 0 atom stereocenters. The zero-order valence-corrected chi connectivity index (χ0v) is 10.9. The van der Waals surface area contributed by atoms with E-state index in [2.05, 4.69) is 5.10 Å². The van der Waals surface area contributed by atoms with Crippen molar-refractivity contribution >= 4 is 5.97 Å². The average molecular weight is 282 g/mol. The molecule has 4 nitrogen and oxygen atoms in total. The summed E-state index contributed by atoms with van der Waals surface area (Å²) in [6.07, 6.45) is 3.18. The van der Waals surface area contributed by atoms with E-state index in [1.165, 1.54) is 24.4 Å². The molecule has 0 fully saturated rings. The van der Waals surface area contributed by atoms with E-state index in [-0.39, 0.29) is 11.1 Å². The summed E-state index contributed by atoms with van der Waals surface area (Å²) < 4.78 is 15.8. The van der Waals surface area contributed by atoms with E-state index in [4.69, 9.17) is 5.11 Å². The van der Waals surface area contributed by atoms with E-state index in [9.17, 15) is 9.18 Å². The Kier molecular flexibility index (Phi) is 3.23. The van der Waals surface area contributed by atoms with Crippen LogP contribution in [-0.4, -0.2) is 20.9 Å². The summed E-state index contributed by atoms with van der Waals surface area (Å²) in [5.74, 6) is -2.04. The van der Waals surface area contributed by atoms with Gasteiger partial charge >= 0.3 is 5.97 Å². The molecule has 0 aliphatic carbocycles. The van der Waals surface area contributed by atoms with E-state index in [0.717, 1.165) is 5.69 Å². The molecule has 0 radical (unpaired) electrons. The van der Waals surface area contributed by atoms with Crippen molar-refractivity contribution in [3.63, 3.8) is 0 Å². The van der Waals surface area contributed by atoms with Gasteiger partial charge in [0, 0.05) is 17.3 Å². The van der Waals surface area contributed by atoms with Gasteiger partial charge in [-0.2, -0.15) is 5.10 Å². The van der Waals surface area contributed by atoms with Gasteiger partial charge in [-0.05, 0) is 18.2 Å². The maximum absolute atomic E-state index is 14.2. The number of hydrogen-bond acceptors (Lipinski definition) is 2. The van der Waals surface area contributed by atoms with Gasteiger partial charge in [-0.3, -0.25) is 0 Å². The van der Waals surface area contributed by atoms with Crippen LogP contribution < -0.4 is 0 Å². The number of hydrogen-bond donors (Lipinski definition) is 1. The van der Waals surface area contributed by atoms with Crippen molar-refractivity contribution in [1.29, 1.82) is 0 Å². The lowest BCUT2D eigenvalue weighted by Crippen LogP contribution is -2.01. The molecule has 104 valence electrons. The van der Waals surface area contributed by atoms with E-state index in [1.807, 2.05) is 30.3 Å².